The van der Waals surface area contributed by atoms with Crippen molar-refractivity contribution < 1.29 is 14.3 Å². The van der Waals surface area contributed by atoms with Gasteiger partial charge in [0, 0.05) is 29.0 Å². The summed E-state index contributed by atoms with van der Waals surface area (Å²) >= 11 is 9.27. The number of benzene rings is 2. The molecule has 0 saturated carbocycles. The largest absolute Gasteiger partial charge is 0.494 e. The van der Waals surface area contributed by atoms with Gasteiger partial charge in [-0.2, -0.15) is 0 Å². The SMILES string of the molecule is CCNC(=O)[C@H](C)N(Cc1ccc(Br)cc1)C(=O)CCCOc1ccc(Cl)cc1. The fourth-order valence-corrected chi connectivity index (χ4v) is 3.17. The van der Waals surface area contributed by atoms with Gasteiger partial charge in [-0.3, -0.25) is 9.59 Å². The Morgan fingerprint density at radius 1 is 1.14 bits per heavy atom. The molecule has 0 heterocycles. The Morgan fingerprint density at radius 2 is 1.79 bits per heavy atom. The minimum absolute atomic E-state index is 0.0774. The van der Waals surface area contributed by atoms with E-state index in [1.807, 2.05) is 31.2 Å². The molecule has 0 spiro atoms. The summed E-state index contributed by atoms with van der Waals surface area (Å²) < 4.78 is 6.62. The first-order valence-corrected chi connectivity index (χ1v) is 10.8. The van der Waals surface area contributed by atoms with Crippen LogP contribution >= 0.6 is 27.5 Å². The molecule has 0 aliphatic rings. The maximum Gasteiger partial charge on any atom is 0.242 e. The van der Waals surface area contributed by atoms with Crippen LogP contribution in [0, 0.1) is 0 Å². The number of nitrogens with zero attached hydrogens (tertiary/aromatic N) is 1. The molecular formula is C22H26BrClN2O3. The lowest BCUT2D eigenvalue weighted by Gasteiger charge is -2.28. The fourth-order valence-electron chi connectivity index (χ4n) is 2.78. The summed E-state index contributed by atoms with van der Waals surface area (Å²) in [5, 5.41) is 3.44. The summed E-state index contributed by atoms with van der Waals surface area (Å²) in [5.41, 5.74) is 0.968. The van der Waals surface area contributed by atoms with Crippen molar-refractivity contribution in [3.63, 3.8) is 0 Å². The van der Waals surface area contributed by atoms with Gasteiger partial charge >= 0.3 is 0 Å². The molecule has 0 radical (unpaired) electrons. The smallest absolute Gasteiger partial charge is 0.242 e. The van der Waals surface area contributed by atoms with E-state index in [0.29, 0.717) is 43.3 Å². The van der Waals surface area contributed by atoms with Crippen LogP contribution in [0.3, 0.4) is 0 Å². The number of rotatable bonds is 10. The second kappa shape index (κ2) is 11.8. The standard InChI is InChI=1S/C22H26BrClN2O3/c1-3-25-22(28)16(2)26(15-17-6-8-18(23)9-7-17)21(27)5-4-14-29-20-12-10-19(24)11-13-20/h6-13,16H,3-5,14-15H2,1-2H3,(H,25,28)/t16-/m0/s1. The van der Waals surface area contributed by atoms with E-state index >= 15 is 0 Å². The van der Waals surface area contributed by atoms with Crippen molar-refractivity contribution in [2.24, 2.45) is 0 Å². The topological polar surface area (TPSA) is 58.6 Å². The minimum Gasteiger partial charge on any atom is -0.494 e. The minimum atomic E-state index is -0.553. The third kappa shape index (κ3) is 7.71. The summed E-state index contributed by atoms with van der Waals surface area (Å²) in [6, 6.07) is 14.3. The van der Waals surface area contributed by atoms with Gasteiger partial charge in [-0.25, -0.2) is 0 Å². The molecule has 0 fully saturated rings. The van der Waals surface area contributed by atoms with Crippen molar-refractivity contribution in [1.82, 2.24) is 10.2 Å². The number of hydrogen-bond donors (Lipinski definition) is 1. The van der Waals surface area contributed by atoms with Crippen molar-refractivity contribution in [2.45, 2.75) is 39.3 Å². The number of nitrogens with one attached hydrogen (secondary N) is 1. The molecule has 0 saturated heterocycles. The number of ether oxygens (including phenoxy) is 1. The van der Waals surface area contributed by atoms with E-state index in [4.69, 9.17) is 16.3 Å². The van der Waals surface area contributed by atoms with E-state index < -0.39 is 6.04 Å². The molecule has 0 aliphatic heterocycles. The number of carbonyl (C=O) groups is 2. The van der Waals surface area contributed by atoms with Crippen molar-refractivity contribution >= 4 is 39.3 Å². The molecule has 1 N–H and O–H groups in total. The van der Waals surface area contributed by atoms with Gasteiger partial charge in [-0.1, -0.05) is 39.7 Å². The zero-order valence-corrected chi connectivity index (χ0v) is 19.0. The van der Waals surface area contributed by atoms with Crippen LogP contribution in [0.4, 0.5) is 0 Å². The Bertz CT molecular complexity index is 797. The quantitative estimate of drug-likeness (QED) is 0.495. The molecule has 0 unspecified atom stereocenters. The lowest BCUT2D eigenvalue weighted by Crippen LogP contribution is -2.47. The van der Waals surface area contributed by atoms with Gasteiger partial charge in [0.2, 0.25) is 11.8 Å². The summed E-state index contributed by atoms with van der Waals surface area (Å²) in [6.07, 6.45) is 0.855. The van der Waals surface area contributed by atoms with Crippen LogP contribution < -0.4 is 10.1 Å². The average molecular weight is 482 g/mol. The van der Waals surface area contributed by atoms with Gasteiger partial charge in [0.05, 0.1) is 6.61 Å². The Labute approximate surface area is 185 Å². The molecule has 2 aromatic carbocycles. The highest BCUT2D eigenvalue weighted by atomic mass is 79.9. The van der Waals surface area contributed by atoms with Crippen LogP contribution in [0.2, 0.25) is 5.02 Å². The van der Waals surface area contributed by atoms with Crippen LogP contribution in [0.25, 0.3) is 0 Å². The molecule has 29 heavy (non-hydrogen) atoms. The number of likely N-dealkylation sites (N-methyl/N-ethyl adjacent to an activating group) is 1. The van der Waals surface area contributed by atoms with Crippen molar-refractivity contribution in [1.29, 1.82) is 0 Å². The average Bonchev–Trinajstić information content (AvgIpc) is 2.71. The monoisotopic (exact) mass is 480 g/mol. The Morgan fingerprint density at radius 3 is 2.41 bits per heavy atom. The van der Waals surface area contributed by atoms with Crippen LogP contribution in [0.5, 0.6) is 5.75 Å². The highest BCUT2D eigenvalue weighted by Gasteiger charge is 2.25. The lowest BCUT2D eigenvalue weighted by molar-refractivity contribution is -0.140. The third-order valence-electron chi connectivity index (χ3n) is 4.40. The lowest BCUT2D eigenvalue weighted by atomic mass is 10.1. The van der Waals surface area contributed by atoms with E-state index in [2.05, 4.69) is 21.2 Å². The predicted octanol–water partition coefficient (Wildman–Crippen LogP) is 4.81. The highest BCUT2D eigenvalue weighted by Crippen LogP contribution is 2.17. The molecular weight excluding hydrogens is 456 g/mol. The van der Waals surface area contributed by atoms with Gasteiger partial charge in [0.25, 0.3) is 0 Å². The first kappa shape index (κ1) is 23.2. The maximum absolute atomic E-state index is 12.9. The predicted molar refractivity (Wildman–Crippen MR) is 119 cm³/mol. The Kier molecular flexibility index (Phi) is 9.48. The van der Waals surface area contributed by atoms with Crippen molar-refractivity contribution in [2.75, 3.05) is 13.2 Å². The van der Waals surface area contributed by atoms with E-state index in [0.717, 1.165) is 10.0 Å². The molecule has 7 heteroatoms. The molecule has 0 aliphatic carbocycles. The van der Waals surface area contributed by atoms with Crippen molar-refractivity contribution in [3.05, 3.63) is 63.6 Å². The zero-order valence-electron chi connectivity index (χ0n) is 16.7. The first-order valence-electron chi connectivity index (χ1n) is 9.60. The summed E-state index contributed by atoms with van der Waals surface area (Å²) in [4.78, 5) is 26.8. The van der Waals surface area contributed by atoms with Gasteiger partial charge < -0.3 is 15.0 Å². The third-order valence-corrected chi connectivity index (χ3v) is 5.18. The second-order valence-electron chi connectivity index (χ2n) is 6.62. The second-order valence-corrected chi connectivity index (χ2v) is 7.98. The number of hydrogen-bond acceptors (Lipinski definition) is 3. The molecule has 2 aromatic rings. The summed E-state index contributed by atoms with van der Waals surface area (Å²) in [6.45, 7) is 4.93. The Balaban J connectivity index is 1.96. The normalized spacial score (nSPS) is 11.6. The zero-order chi connectivity index (χ0) is 21.2. The number of amides is 2. The molecule has 0 bridgehead atoms. The van der Waals surface area contributed by atoms with Crippen molar-refractivity contribution in [3.8, 4) is 5.75 Å². The van der Waals surface area contributed by atoms with E-state index in [1.165, 1.54) is 0 Å². The van der Waals surface area contributed by atoms with E-state index in [9.17, 15) is 9.59 Å². The van der Waals surface area contributed by atoms with E-state index in [1.54, 1.807) is 36.1 Å². The Hall–Kier alpha value is -2.05. The van der Waals surface area contributed by atoms with Crippen LogP contribution in [0.15, 0.2) is 53.0 Å². The summed E-state index contributed by atoms with van der Waals surface area (Å²) in [5.74, 6) is 0.478. The fraction of sp³-hybridized carbons (Fsp3) is 0.364. The number of halogens is 2. The van der Waals surface area contributed by atoms with E-state index in [-0.39, 0.29) is 11.8 Å². The first-order chi connectivity index (χ1) is 13.9. The van der Waals surface area contributed by atoms with Gasteiger partial charge in [-0.05, 0) is 62.2 Å². The molecule has 156 valence electrons. The van der Waals surface area contributed by atoms with Crippen LogP contribution in [-0.2, 0) is 16.1 Å². The maximum atomic E-state index is 12.9. The van der Waals surface area contributed by atoms with Gasteiger partial charge in [-0.15, -0.1) is 0 Å². The summed E-state index contributed by atoms with van der Waals surface area (Å²) in [7, 11) is 0. The van der Waals surface area contributed by atoms with Gasteiger partial charge in [0.1, 0.15) is 11.8 Å². The molecule has 5 nitrogen and oxygen atoms in total. The molecule has 2 rings (SSSR count). The van der Waals surface area contributed by atoms with Crippen LogP contribution in [-0.4, -0.2) is 35.9 Å². The molecule has 1 atom stereocenters. The highest BCUT2D eigenvalue weighted by molar-refractivity contribution is 9.10. The number of carbonyl (C=O) groups excluding carboxylic acids is 2. The molecule has 2 amide bonds. The molecule has 0 aromatic heterocycles. The van der Waals surface area contributed by atoms with Crippen LogP contribution in [0.1, 0.15) is 32.3 Å². The van der Waals surface area contributed by atoms with Gasteiger partial charge in [0.15, 0.2) is 0 Å².